The summed E-state index contributed by atoms with van der Waals surface area (Å²) in [5, 5.41) is 0. The average Bonchev–Trinajstić information content (AvgIpc) is 2.27. The molecule has 1 saturated heterocycles. The molecule has 0 bridgehead atoms. The second-order valence-corrected chi connectivity index (χ2v) is 4.41. The zero-order chi connectivity index (χ0) is 12.1. The lowest BCUT2D eigenvalue weighted by atomic mass is 10.0. The monoisotopic (exact) mass is 228 g/mol. The van der Waals surface area contributed by atoms with Gasteiger partial charge in [0.2, 0.25) is 5.91 Å². The Kier molecular flexibility index (Phi) is 4.58. The summed E-state index contributed by atoms with van der Waals surface area (Å²) in [6.45, 7) is 3.84. The van der Waals surface area contributed by atoms with Gasteiger partial charge in [0, 0.05) is 20.1 Å². The van der Waals surface area contributed by atoms with Crippen molar-refractivity contribution < 1.29 is 14.3 Å². The number of piperidine rings is 1. The lowest BCUT2D eigenvalue weighted by Gasteiger charge is -2.32. The van der Waals surface area contributed by atoms with Gasteiger partial charge in [0.25, 0.3) is 0 Å². The van der Waals surface area contributed by atoms with Gasteiger partial charge in [-0.3, -0.25) is 4.79 Å². The predicted molar refractivity (Wildman–Crippen MR) is 60.0 cm³/mol. The van der Waals surface area contributed by atoms with E-state index in [0.717, 1.165) is 19.5 Å². The van der Waals surface area contributed by atoms with Crippen molar-refractivity contribution in [2.24, 2.45) is 5.92 Å². The normalized spacial score (nSPS) is 20.4. The van der Waals surface area contributed by atoms with Crippen LogP contribution in [0.2, 0.25) is 0 Å². The van der Waals surface area contributed by atoms with Gasteiger partial charge in [0.15, 0.2) is 0 Å². The molecule has 0 aliphatic carbocycles. The SMILES string of the molecule is COC(=O)N(C)CC(=O)N1CCCC(C)C1. The number of ether oxygens (including phenoxy) is 1. The molecule has 2 amide bonds. The molecule has 1 unspecified atom stereocenters. The summed E-state index contributed by atoms with van der Waals surface area (Å²) in [6, 6.07) is 0. The van der Waals surface area contributed by atoms with Crippen LogP contribution in [0.3, 0.4) is 0 Å². The Morgan fingerprint density at radius 2 is 2.19 bits per heavy atom. The van der Waals surface area contributed by atoms with Crippen LogP contribution in [0.1, 0.15) is 19.8 Å². The van der Waals surface area contributed by atoms with E-state index in [-0.39, 0.29) is 12.5 Å². The summed E-state index contributed by atoms with van der Waals surface area (Å²) >= 11 is 0. The first-order valence-electron chi connectivity index (χ1n) is 5.61. The van der Waals surface area contributed by atoms with Gasteiger partial charge >= 0.3 is 6.09 Å². The summed E-state index contributed by atoms with van der Waals surface area (Å²) in [7, 11) is 2.88. The van der Waals surface area contributed by atoms with Gasteiger partial charge in [-0.1, -0.05) is 6.92 Å². The van der Waals surface area contributed by atoms with Crippen LogP contribution in [0.5, 0.6) is 0 Å². The fraction of sp³-hybridized carbons (Fsp3) is 0.818. The van der Waals surface area contributed by atoms with E-state index in [0.29, 0.717) is 5.92 Å². The predicted octanol–water partition coefficient (Wildman–Crippen LogP) is 0.943. The van der Waals surface area contributed by atoms with Gasteiger partial charge < -0.3 is 14.5 Å². The first-order valence-corrected chi connectivity index (χ1v) is 5.61. The third kappa shape index (κ3) is 3.40. The molecule has 16 heavy (non-hydrogen) atoms. The minimum absolute atomic E-state index is 0.000509. The molecule has 1 aliphatic rings. The highest BCUT2D eigenvalue weighted by Crippen LogP contribution is 2.15. The van der Waals surface area contributed by atoms with Crippen molar-refractivity contribution in [1.82, 2.24) is 9.80 Å². The Labute approximate surface area is 96.3 Å². The van der Waals surface area contributed by atoms with Crippen molar-refractivity contribution in [3.8, 4) is 0 Å². The summed E-state index contributed by atoms with van der Waals surface area (Å²) in [5.74, 6) is 0.556. The Morgan fingerprint density at radius 3 is 2.75 bits per heavy atom. The highest BCUT2D eigenvalue weighted by molar-refractivity contribution is 5.82. The van der Waals surface area contributed by atoms with Crippen LogP contribution in [0.25, 0.3) is 0 Å². The molecule has 0 saturated carbocycles. The van der Waals surface area contributed by atoms with E-state index < -0.39 is 6.09 Å². The molecule has 1 aliphatic heterocycles. The molecular weight excluding hydrogens is 208 g/mol. The molecule has 1 fully saturated rings. The zero-order valence-corrected chi connectivity index (χ0v) is 10.2. The maximum absolute atomic E-state index is 11.9. The average molecular weight is 228 g/mol. The van der Waals surface area contributed by atoms with Crippen molar-refractivity contribution in [2.75, 3.05) is 33.8 Å². The van der Waals surface area contributed by atoms with Crippen LogP contribution in [-0.4, -0.2) is 55.6 Å². The molecule has 0 radical (unpaired) electrons. The summed E-state index contributed by atoms with van der Waals surface area (Å²) in [6.07, 6.45) is 1.75. The van der Waals surface area contributed by atoms with Crippen molar-refractivity contribution in [2.45, 2.75) is 19.8 Å². The number of amides is 2. The van der Waals surface area contributed by atoms with Crippen LogP contribution in [-0.2, 0) is 9.53 Å². The maximum Gasteiger partial charge on any atom is 0.409 e. The van der Waals surface area contributed by atoms with E-state index in [4.69, 9.17) is 0 Å². The fourth-order valence-electron chi connectivity index (χ4n) is 1.94. The van der Waals surface area contributed by atoms with Gasteiger partial charge in [-0.2, -0.15) is 0 Å². The molecule has 92 valence electrons. The Morgan fingerprint density at radius 1 is 1.50 bits per heavy atom. The van der Waals surface area contributed by atoms with Crippen LogP contribution in [0.4, 0.5) is 4.79 Å². The molecule has 0 aromatic rings. The molecule has 1 heterocycles. The number of nitrogens with zero attached hydrogens (tertiary/aromatic N) is 2. The maximum atomic E-state index is 11.9. The molecule has 1 rings (SSSR count). The second kappa shape index (κ2) is 5.72. The number of likely N-dealkylation sites (tertiary alicyclic amines) is 1. The molecule has 5 nitrogen and oxygen atoms in total. The largest absolute Gasteiger partial charge is 0.453 e. The van der Waals surface area contributed by atoms with Gasteiger partial charge in [0.1, 0.15) is 6.54 Å². The van der Waals surface area contributed by atoms with Crippen molar-refractivity contribution in [3.05, 3.63) is 0 Å². The standard InChI is InChI=1S/C11H20N2O3/c1-9-5-4-6-13(7-9)10(14)8-12(2)11(15)16-3/h9H,4-8H2,1-3H3. The Hall–Kier alpha value is -1.26. The minimum atomic E-state index is -0.474. The third-order valence-corrected chi connectivity index (χ3v) is 2.87. The summed E-state index contributed by atoms with van der Waals surface area (Å²) in [4.78, 5) is 26.1. The number of carbonyl (C=O) groups is 2. The summed E-state index contributed by atoms with van der Waals surface area (Å²) < 4.78 is 4.54. The topological polar surface area (TPSA) is 49.9 Å². The van der Waals surface area contributed by atoms with E-state index in [1.807, 2.05) is 4.90 Å². The fourth-order valence-corrected chi connectivity index (χ4v) is 1.94. The van der Waals surface area contributed by atoms with Crippen LogP contribution in [0, 0.1) is 5.92 Å². The van der Waals surface area contributed by atoms with Crippen LogP contribution in [0.15, 0.2) is 0 Å². The number of methoxy groups -OCH3 is 1. The lowest BCUT2D eigenvalue weighted by molar-refractivity contribution is -0.133. The van der Waals surface area contributed by atoms with Crippen molar-refractivity contribution in [1.29, 1.82) is 0 Å². The third-order valence-electron chi connectivity index (χ3n) is 2.87. The van der Waals surface area contributed by atoms with E-state index in [2.05, 4.69) is 11.7 Å². The van der Waals surface area contributed by atoms with Crippen LogP contribution < -0.4 is 0 Å². The highest BCUT2D eigenvalue weighted by Gasteiger charge is 2.23. The van der Waals surface area contributed by atoms with Crippen molar-refractivity contribution in [3.63, 3.8) is 0 Å². The minimum Gasteiger partial charge on any atom is -0.453 e. The smallest absolute Gasteiger partial charge is 0.409 e. The highest BCUT2D eigenvalue weighted by atomic mass is 16.5. The number of hydrogen-bond donors (Lipinski definition) is 0. The van der Waals surface area contributed by atoms with E-state index in [9.17, 15) is 9.59 Å². The first-order chi connectivity index (χ1) is 7.54. The lowest BCUT2D eigenvalue weighted by Crippen LogP contribution is -2.45. The quantitative estimate of drug-likeness (QED) is 0.707. The molecule has 1 atom stereocenters. The second-order valence-electron chi connectivity index (χ2n) is 4.41. The molecule has 0 N–H and O–H groups in total. The van der Waals surface area contributed by atoms with E-state index >= 15 is 0 Å². The number of hydrogen-bond acceptors (Lipinski definition) is 3. The van der Waals surface area contributed by atoms with E-state index in [1.54, 1.807) is 7.05 Å². The van der Waals surface area contributed by atoms with Crippen molar-refractivity contribution >= 4 is 12.0 Å². The van der Waals surface area contributed by atoms with Gasteiger partial charge in [0.05, 0.1) is 7.11 Å². The van der Waals surface area contributed by atoms with Gasteiger partial charge in [-0.25, -0.2) is 4.79 Å². The Balaban J connectivity index is 2.42. The zero-order valence-electron chi connectivity index (χ0n) is 10.2. The molecule has 5 heteroatoms. The number of carbonyl (C=O) groups excluding carboxylic acids is 2. The molecule has 0 aromatic carbocycles. The summed E-state index contributed by atoms with van der Waals surface area (Å²) in [5.41, 5.74) is 0. The van der Waals surface area contributed by atoms with Crippen LogP contribution >= 0.6 is 0 Å². The van der Waals surface area contributed by atoms with Gasteiger partial charge in [-0.05, 0) is 18.8 Å². The first kappa shape index (κ1) is 12.8. The number of likely N-dealkylation sites (N-methyl/N-ethyl adjacent to an activating group) is 1. The van der Waals surface area contributed by atoms with Gasteiger partial charge in [-0.15, -0.1) is 0 Å². The molecule has 0 spiro atoms. The Bertz CT molecular complexity index is 268. The molecule has 0 aromatic heterocycles. The number of rotatable bonds is 2. The van der Waals surface area contributed by atoms with E-state index in [1.165, 1.54) is 18.4 Å². The molecular formula is C11H20N2O3.